The predicted octanol–water partition coefficient (Wildman–Crippen LogP) is 3.48. The molecule has 1 atom stereocenters. The van der Waals surface area contributed by atoms with Crippen molar-refractivity contribution in [2.24, 2.45) is 0 Å². The van der Waals surface area contributed by atoms with Crippen LogP contribution in [0.2, 0.25) is 5.02 Å². The van der Waals surface area contributed by atoms with E-state index in [2.05, 4.69) is 10.3 Å². The number of rotatable bonds is 2. The minimum atomic E-state index is -0.144. The summed E-state index contributed by atoms with van der Waals surface area (Å²) in [5, 5.41) is 3.79. The van der Waals surface area contributed by atoms with Gasteiger partial charge in [0.2, 0.25) is 0 Å². The third-order valence-corrected chi connectivity index (χ3v) is 4.39. The summed E-state index contributed by atoms with van der Waals surface area (Å²) in [7, 11) is 0. The van der Waals surface area contributed by atoms with E-state index in [1.165, 1.54) is 5.56 Å². The lowest BCUT2D eigenvalue weighted by atomic mass is 10.1. The van der Waals surface area contributed by atoms with Crippen LogP contribution >= 0.6 is 11.6 Å². The van der Waals surface area contributed by atoms with Gasteiger partial charge in [0.15, 0.2) is 5.58 Å². The monoisotopic (exact) mass is 327 g/mol. The predicted molar refractivity (Wildman–Crippen MR) is 88.4 cm³/mol. The van der Waals surface area contributed by atoms with Gasteiger partial charge < -0.3 is 15.5 Å². The molecule has 1 aliphatic carbocycles. The first kappa shape index (κ1) is 14.1. The number of nitrogens with zero attached hydrogens (tertiary/aromatic N) is 1. The molecule has 1 heterocycles. The van der Waals surface area contributed by atoms with Crippen molar-refractivity contribution >= 4 is 34.6 Å². The number of anilines is 1. The van der Waals surface area contributed by atoms with Gasteiger partial charge in [-0.15, -0.1) is 0 Å². The Bertz CT molecular complexity index is 919. The van der Waals surface area contributed by atoms with E-state index in [0.717, 1.165) is 23.4 Å². The summed E-state index contributed by atoms with van der Waals surface area (Å²) >= 11 is 6.02. The van der Waals surface area contributed by atoms with Crippen molar-refractivity contribution in [3.05, 3.63) is 58.1 Å². The number of hydrogen-bond acceptors (Lipinski definition) is 4. The molecule has 1 amide bonds. The van der Waals surface area contributed by atoms with Gasteiger partial charge in [-0.05, 0) is 54.3 Å². The molecule has 1 aromatic heterocycles. The topological polar surface area (TPSA) is 81.1 Å². The molecule has 3 aromatic rings. The highest BCUT2D eigenvalue weighted by molar-refractivity contribution is 6.30. The van der Waals surface area contributed by atoms with Crippen molar-refractivity contribution in [1.82, 2.24) is 10.3 Å². The average molecular weight is 328 g/mol. The minimum Gasteiger partial charge on any atom is -0.424 e. The Labute approximate surface area is 137 Å². The van der Waals surface area contributed by atoms with Gasteiger partial charge >= 0.3 is 0 Å². The molecule has 0 aliphatic heterocycles. The number of carbonyl (C=O) groups excluding carboxylic acids is 1. The molecule has 4 rings (SSSR count). The smallest absolute Gasteiger partial charge is 0.292 e. The number of amides is 1. The molecule has 3 N–H and O–H groups in total. The Morgan fingerprint density at radius 3 is 3.04 bits per heavy atom. The third kappa shape index (κ3) is 2.53. The molecule has 2 aromatic carbocycles. The van der Waals surface area contributed by atoms with Crippen LogP contribution in [0.5, 0.6) is 0 Å². The van der Waals surface area contributed by atoms with Crippen LogP contribution in [-0.4, -0.2) is 10.9 Å². The zero-order chi connectivity index (χ0) is 16.0. The Balaban J connectivity index is 1.58. The summed E-state index contributed by atoms with van der Waals surface area (Å²) in [5.74, 6) is -0.144. The highest BCUT2D eigenvalue weighted by Crippen LogP contribution is 2.33. The van der Waals surface area contributed by atoms with Crippen LogP contribution in [-0.2, 0) is 6.42 Å². The summed E-state index contributed by atoms with van der Waals surface area (Å²) in [4.78, 5) is 16.5. The van der Waals surface area contributed by atoms with Crippen molar-refractivity contribution in [2.75, 3.05) is 5.73 Å². The number of carbonyl (C=O) groups is 1. The number of aromatic nitrogens is 1. The van der Waals surface area contributed by atoms with Crippen LogP contribution in [0.3, 0.4) is 0 Å². The van der Waals surface area contributed by atoms with E-state index in [1.54, 1.807) is 18.2 Å². The average Bonchev–Trinajstić information content (AvgIpc) is 3.08. The Kier molecular flexibility index (Phi) is 3.23. The molecule has 23 heavy (non-hydrogen) atoms. The van der Waals surface area contributed by atoms with E-state index in [9.17, 15) is 4.79 Å². The van der Waals surface area contributed by atoms with Crippen molar-refractivity contribution in [3.63, 3.8) is 0 Å². The lowest BCUT2D eigenvalue weighted by Gasteiger charge is -2.14. The van der Waals surface area contributed by atoms with Crippen molar-refractivity contribution < 1.29 is 9.21 Å². The first-order valence-electron chi connectivity index (χ1n) is 7.35. The molecule has 1 unspecified atom stereocenters. The van der Waals surface area contributed by atoms with Gasteiger partial charge in [0.1, 0.15) is 5.52 Å². The van der Waals surface area contributed by atoms with Crippen LogP contribution in [0.15, 0.2) is 40.8 Å². The number of nitrogens with two attached hydrogens (primary N) is 1. The van der Waals surface area contributed by atoms with E-state index in [1.807, 2.05) is 18.2 Å². The number of hydrogen-bond donors (Lipinski definition) is 2. The van der Waals surface area contributed by atoms with Crippen LogP contribution in [0.25, 0.3) is 11.1 Å². The molecule has 0 saturated heterocycles. The second kappa shape index (κ2) is 5.28. The molecule has 6 heteroatoms. The maximum Gasteiger partial charge on any atom is 0.292 e. The van der Waals surface area contributed by atoms with E-state index in [-0.39, 0.29) is 18.0 Å². The quantitative estimate of drug-likeness (QED) is 0.755. The van der Waals surface area contributed by atoms with Gasteiger partial charge in [-0.1, -0.05) is 17.7 Å². The molecule has 0 spiro atoms. The highest BCUT2D eigenvalue weighted by atomic mass is 35.5. The van der Waals surface area contributed by atoms with E-state index in [0.29, 0.717) is 16.7 Å². The normalized spacial score (nSPS) is 16.5. The lowest BCUT2D eigenvalue weighted by Crippen LogP contribution is -2.27. The van der Waals surface area contributed by atoms with Gasteiger partial charge in [0.05, 0.1) is 6.04 Å². The molecule has 5 nitrogen and oxygen atoms in total. The summed E-state index contributed by atoms with van der Waals surface area (Å²) in [6, 6.07) is 11.0. The SMILES string of the molecule is Nc1nc2ccc(C(=O)NC3CCc4cc(Cl)ccc43)cc2o1. The van der Waals surface area contributed by atoms with E-state index >= 15 is 0 Å². The Morgan fingerprint density at radius 2 is 2.17 bits per heavy atom. The fourth-order valence-corrected chi connectivity index (χ4v) is 3.26. The number of benzene rings is 2. The number of nitrogen functional groups attached to an aromatic ring is 1. The first-order valence-corrected chi connectivity index (χ1v) is 7.73. The fourth-order valence-electron chi connectivity index (χ4n) is 3.06. The van der Waals surface area contributed by atoms with Gasteiger partial charge in [-0.3, -0.25) is 4.79 Å². The van der Waals surface area contributed by atoms with Gasteiger partial charge in [0.25, 0.3) is 11.9 Å². The number of aryl methyl sites for hydroxylation is 1. The van der Waals surface area contributed by atoms with E-state index < -0.39 is 0 Å². The van der Waals surface area contributed by atoms with Crippen molar-refractivity contribution in [3.8, 4) is 0 Å². The number of nitrogens with one attached hydrogen (secondary N) is 1. The van der Waals surface area contributed by atoms with Crippen LogP contribution in [0.1, 0.15) is 33.9 Å². The Hall–Kier alpha value is -2.53. The second-order valence-electron chi connectivity index (χ2n) is 5.64. The lowest BCUT2D eigenvalue weighted by molar-refractivity contribution is 0.0936. The number of fused-ring (bicyclic) bond motifs is 2. The largest absolute Gasteiger partial charge is 0.424 e. The maximum atomic E-state index is 12.5. The zero-order valence-corrected chi connectivity index (χ0v) is 12.9. The van der Waals surface area contributed by atoms with Crippen molar-refractivity contribution in [1.29, 1.82) is 0 Å². The maximum absolute atomic E-state index is 12.5. The minimum absolute atomic E-state index is 0.00487. The Morgan fingerprint density at radius 1 is 1.30 bits per heavy atom. The molecular weight excluding hydrogens is 314 g/mol. The second-order valence-corrected chi connectivity index (χ2v) is 6.08. The molecule has 116 valence electrons. The van der Waals surface area contributed by atoms with Gasteiger partial charge in [-0.25, -0.2) is 0 Å². The number of halogens is 1. The highest BCUT2D eigenvalue weighted by Gasteiger charge is 2.24. The molecule has 0 fully saturated rings. The molecule has 0 bridgehead atoms. The summed E-state index contributed by atoms with van der Waals surface area (Å²) < 4.78 is 5.27. The molecule has 1 aliphatic rings. The third-order valence-electron chi connectivity index (χ3n) is 4.16. The standard InChI is InChI=1S/C17H14ClN3O2/c18-11-3-4-12-9(7-11)1-5-13(12)20-16(22)10-2-6-14-15(8-10)23-17(19)21-14/h2-4,6-8,13H,1,5H2,(H2,19,21)(H,20,22). The van der Waals surface area contributed by atoms with Gasteiger partial charge in [0, 0.05) is 10.6 Å². The van der Waals surface area contributed by atoms with Crippen molar-refractivity contribution in [2.45, 2.75) is 18.9 Å². The molecule has 0 radical (unpaired) electrons. The van der Waals surface area contributed by atoms with Crippen LogP contribution in [0, 0.1) is 0 Å². The van der Waals surface area contributed by atoms with E-state index in [4.69, 9.17) is 21.8 Å². The zero-order valence-electron chi connectivity index (χ0n) is 12.2. The summed E-state index contributed by atoms with van der Waals surface area (Å²) in [6.45, 7) is 0. The molecule has 0 saturated carbocycles. The summed E-state index contributed by atoms with van der Waals surface area (Å²) in [5.41, 5.74) is 9.52. The number of oxazole rings is 1. The molecular formula is C17H14ClN3O2. The van der Waals surface area contributed by atoms with Crippen LogP contribution < -0.4 is 11.1 Å². The van der Waals surface area contributed by atoms with Gasteiger partial charge in [-0.2, -0.15) is 4.98 Å². The van der Waals surface area contributed by atoms with Crippen LogP contribution in [0.4, 0.5) is 6.01 Å². The fraction of sp³-hybridized carbons (Fsp3) is 0.176. The summed E-state index contributed by atoms with van der Waals surface area (Å²) in [6.07, 6.45) is 1.79. The first-order chi connectivity index (χ1) is 11.1.